The average Bonchev–Trinajstić information content (AvgIpc) is 2.80. The molecule has 2 saturated heterocycles. The van der Waals surface area contributed by atoms with Gasteiger partial charge in [-0.2, -0.15) is 15.0 Å². The zero-order valence-electron chi connectivity index (χ0n) is 27.9. The van der Waals surface area contributed by atoms with Crippen molar-refractivity contribution in [1.29, 1.82) is 0 Å². The van der Waals surface area contributed by atoms with Crippen molar-refractivity contribution in [2.75, 3.05) is 22.1 Å². The first-order chi connectivity index (χ1) is 19.1. The lowest BCUT2D eigenvalue weighted by atomic mass is 9.79. The number of aromatic nitrogens is 3. The molecule has 8 nitrogen and oxygen atoms in total. The Kier molecular flexibility index (Phi) is 10.2. The Labute approximate surface area is 251 Å². The van der Waals surface area contributed by atoms with E-state index < -0.39 is 0 Å². The Hall–Kier alpha value is -1.67. The molecule has 1 saturated carbocycles. The van der Waals surface area contributed by atoms with Gasteiger partial charge in [-0.1, -0.05) is 45.4 Å². The van der Waals surface area contributed by atoms with Crippen LogP contribution in [0.25, 0.3) is 0 Å². The van der Waals surface area contributed by atoms with Gasteiger partial charge in [-0.25, -0.2) is 0 Å². The summed E-state index contributed by atoms with van der Waals surface area (Å²) in [6.07, 6.45) is 15.4. The summed E-state index contributed by atoms with van der Waals surface area (Å²) in [5.41, 5.74) is 0.210. The number of hydrogen-bond acceptors (Lipinski definition) is 8. The second-order valence-corrected chi connectivity index (χ2v) is 16.1. The molecule has 0 aromatic carbocycles. The molecule has 3 fully saturated rings. The third-order valence-corrected chi connectivity index (χ3v) is 9.20. The monoisotopic (exact) mass is 571 g/mol. The van der Waals surface area contributed by atoms with Gasteiger partial charge in [0, 0.05) is 46.8 Å². The Morgan fingerprint density at radius 1 is 0.659 bits per heavy atom. The fraction of sp³-hybridized carbons (Fsp3) is 0.909. The molecule has 234 valence electrons. The van der Waals surface area contributed by atoms with Crippen molar-refractivity contribution >= 4 is 17.8 Å². The summed E-state index contributed by atoms with van der Waals surface area (Å²) in [5.74, 6) is 2.30. The fourth-order valence-electron chi connectivity index (χ4n) is 8.30. The van der Waals surface area contributed by atoms with Crippen molar-refractivity contribution in [3.63, 3.8) is 0 Å². The minimum absolute atomic E-state index is 0.0516. The van der Waals surface area contributed by atoms with Gasteiger partial charge in [0.2, 0.25) is 17.8 Å². The Morgan fingerprint density at radius 3 is 1.71 bits per heavy atom. The third-order valence-electron chi connectivity index (χ3n) is 9.20. The zero-order chi connectivity index (χ0) is 29.9. The van der Waals surface area contributed by atoms with E-state index in [1.165, 1.54) is 51.4 Å². The lowest BCUT2D eigenvalue weighted by Gasteiger charge is -2.49. The molecule has 0 bridgehead atoms. The summed E-state index contributed by atoms with van der Waals surface area (Å²) in [6.45, 7) is 21.8. The van der Waals surface area contributed by atoms with Gasteiger partial charge in [0.25, 0.3) is 0 Å². The second-order valence-electron chi connectivity index (χ2n) is 16.1. The van der Waals surface area contributed by atoms with E-state index in [9.17, 15) is 0 Å². The Balaban J connectivity index is 1.67. The van der Waals surface area contributed by atoms with E-state index in [4.69, 9.17) is 15.0 Å². The number of nitrogens with one attached hydrogen (secondary N) is 4. The molecular formula is C33H62N8. The van der Waals surface area contributed by atoms with Gasteiger partial charge in [0.15, 0.2) is 0 Å². The molecule has 0 spiro atoms. The molecule has 0 atom stereocenters. The minimum Gasteiger partial charge on any atom is -0.351 e. The topological polar surface area (TPSA) is 90.0 Å². The van der Waals surface area contributed by atoms with Gasteiger partial charge in [-0.15, -0.1) is 0 Å². The number of piperidine rings is 2. The number of hydrogen-bond donors (Lipinski definition) is 4. The van der Waals surface area contributed by atoms with Crippen LogP contribution in [0.4, 0.5) is 17.8 Å². The molecule has 1 aliphatic carbocycles. The van der Waals surface area contributed by atoms with E-state index in [1.54, 1.807) is 0 Å². The quantitative estimate of drug-likeness (QED) is 0.211. The maximum atomic E-state index is 5.20. The molecule has 3 heterocycles. The number of unbranched alkanes of at least 4 members (excludes halogenated alkanes) is 3. The maximum Gasteiger partial charge on any atom is 0.232 e. The van der Waals surface area contributed by atoms with Crippen molar-refractivity contribution in [2.45, 2.75) is 186 Å². The standard InChI is InChI=1S/C33H62N8/c1-10-11-12-16-19-41(26-22-32(6,7)40-33(8,9)23-26)29-37-27(34-24-17-14-13-15-18-24)36-28(38-29)35-25-20-30(2,3)39-31(4,5)21-25/h24-26,39-40H,10-23H2,1-9H3,(H2,34,35,36,37,38). The highest BCUT2D eigenvalue weighted by Gasteiger charge is 2.41. The summed E-state index contributed by atoms with van der Waals surface area (Å²) in [7, 11) is 0. The zero-order valence-corrected chi connectivity index (χ0v) is 27.9. The molecule has 41 heavy (non-hydrogen) atoms. The predicted molar refractivity (Wildman–Crippen MR) is 174 cm³/mol. The van der Waals surface area contributed by atoms with Crippen LogP contribution in [0.3, 0.4) is 0 Å². The van der Waals surface area contributed by atoms with Gasteiger partial charge < -0.3 is 26.2 Å². The number of nitrogens with zero attached hydrogens (tertiary/aromatic N) is 4. The van der Waals surface area contributed by atoms with Crippen molar-refractivity contribution < 1.29 is 0 Å². The van der Waals surface area contributed by atoms with Crippen LogP contribution in [-0.4, -0.2) is 61.8 Å². The normalized spacial score (nSPS) is 24.6. The van der Waals surface area contributed by atoms with Crippen LogP contribution >= 0.6 is 0 Å². The summed E-state index contributed by atoms with van der Waals surface area (Å²) in [4.78, 5) is 17.9. The fourth-order valence-corrected chi connectivity index (χ4v) is 8.30. The van der Waals surface area contributed by atoms with Crippen LogP contribution in [-0.2, 0) is 0 Å². The lowest BCUT2D eigenvalue weighted by Crippen LogP contribution is -2.62. The molecular weight excluding hydrogens is 508 g/mol. The van der Waals surface area contributed by atoms with E-state index in [1.807, 2.05) is 0 Å². The highest BCUT2D eigenvalue weighted by Crippen LogP contribution is 2.35. The molecule has 0 unspecified atom stereocenters. The van der Waals surface area contributed by atoms with Crippen molar-refractivity contribution in [1.82, 2.24) is 25.6 Å². The second kappa shape index (κ2) is 12.9. The first-order valence-electron chi connectivity index (χ1n) is 16.8. The SMILES string of the molecule is CCCCCCN(c1nc(NC2CCCCC2)nc(NC2CC(C)(C)NC(C)(C)C2)n1)C1CC(C)(C)NC(C)(C)C1. The minimum atomic E-state index is 0.0516. The summed E-state index contributed by atoms with van der Waals surface area (Å²) < 4.78 is 0. The van der Waals surface area contributed by atoms with Gasteiger partial charge >= 0.3 is 0 Å². The van der Waals surface area contributed by atoms with Crippen LogP contribution in [0.1, 0.15) is 146 Å². The molecule has 1 aromatic rings. The summed E-state index contributed by atoms with van der Waals surface area (Å²) >= 11 is 0. The Bertz CT molecular complexity index is 949. The molecule has 4 rings (SSSR count). The first-order valence-corrected chi connectivity index (χ1v) is 16.8. The first kappa shape index (κ1) is 32.2. The summed E-state index contributed by atoms with van der Waals surface area (Å²) in [5, 5.41) is 15.2. The molecule has 2 aliphatic heterocycles. The highest BCUT2D eigenvalue weighted by molar-refractivity contribution is 5.46. The third kappa shape index (κ3) is 9.67. The van der Waals surface area contributed by atoms with Crippen LogP contribution < -0.4 is 26.2 Å². The van der Waals surface area contributed by atoms with Gasteiger partial charge in [-0.05, 0) is 100 Å². The molecule has 3 aliphatic rings. The molecule has 0 amide bonds. The van der Waals surface area contributed by atoms with E-state index in [-0.39, 0.29) is 22.2 Å². The highest BCUT2D eigenvalue weighted by atomic mass is 15.4. The van der Waals surface area contributed by atoms with Crippen LogP contribution in [0, 0.1) is 0 Å². The maximum absolute atomic E-state index is 5.20. The van der Waals surface area contributed by atoms with Crippen LogP contribution in [0.5, 0.6) is 0 Å². The largest absolute Gasteiger partial charge is 0.351 e. The van der Waals surface area contributed by atoms with E-state index in [0.717, 1.165) is 56.5 Å². The van der Waals surface area contributed by atoms with Gasteiger partial charge in [-0.3, -0.25) is 0 Å². The molecule has 4 N–H and O–H groups in total. The van der Waals surface area contributed by atoms with E-state index in [0.29, 0.717) is 18.1 Å². The van der Waals surface area contributed by atoms with Crippen molar-refractivity contribution in [3.05, 3.63) is 0 Å². The van der Waals surface area contributed by atoms with Crippen molar-refractivity contribution in [3.8, 4) is 0 Å². The summed E-state index contributed by atoms with van der Waals surface area (Å²) in [6, 6.07) is 1.12. The molecule has 1 aromatic heterocycles. The molecule has 0 radical (unpaired) electrons. The lowest BCUT2D eigenvalue weighted by molar-refractivity contribution is 0.157. The predicted octanol–water partition coefficient (Wildman–Crippen LogP) is 7.03. The number of anilines is 3. The molecule has 8 heteroatoms. The smallest absolute Gasteiger partial charge is 0.232 e. The van der Waals surface area contributed by atoms with Crippen LogP contribution in [0.2, 0.25) is 0 Å². The average molecular weight is 571 g/mol. The Morgan fingerprint density at radius 2 is 1.17 bits per heavy atom. The van der Waals surface area contributed by atoms with E-state index in [2.05, 4.69) is 88.5 Å². The van der Waals surface area contributed by atoms with Gasteiger partial charge in [0.1, 0.15) is 0 Å². The van der Waals surface area contributed by atoms with Gasteiger partial charge in [0.05, 0.1) is 0 Å². The van der Waals surface area contributed by atoms with E-state index >= 15 is 0 Å². The van der Waals surface area contributed by atoms with Crippen LogP contribution in [0.15, 0.2) is 0 Å². The number of rotatable bonds is 11. The van der Waals surface area contributed by atoms with Crippen molar-refractivity contribution in [2.24, 2.45) is 0 Å².